The van der Waals surface area contributed by atoms with Gasteiger partial charge in [-0.15, -0.1) is 0 Å². The first kappa shape index (κ1) is 26.4. The Bertz CT molecular complexity index is 584. The number of nitrogens with two attached hydrogens (primary N) is 1. The minimum atomic E-state index is -4.64. The van der Waals surface area contributed by atoms with E-state index in [1.165, 1.54) is 6.92 Å². The fraction of sp³-hybridized carbons (Fsp3) is 0.250. The average molecular weight is 356 g/mol. The second kappa shape index (κ2) is 13.0. The Hall–Kier alpha value is -1.46. The maximum atomic E-state index is 11.3. The second-order valence-electron chi connectivity index (χ2n) is 3.67. The van der Waals surface area contributed by atoms with Gasteiger partial charge in [0.05, 0.1) is 0 Å². The van der Waals surface area contributed by atoms with Gasteiger partial charge in [-0.05, 0) is 18.6 Å². The van der Waals surface area contributed by atoms with Gasteiger partial charge in [0, 0.05) is 11.6 Å². The van der Waals surface area contributed by atoms with E-state index in [4.69, 9.17) is 5.11 Å². The van der Waals surface area contributed by atoms with Gasteiger partial charge in [-0.1, -0.05) is 20.1 Å². The van der Waals surface area contributed by atoms with Gasteiger partial charge >= 0.3 is 35.5 Å². The summed E-state index contributed by atoms with van der Waals surface area (Å²) in [5.41, 5.74) is 4.28. The van der Waals surface area contributed by atoms with Crippen molar-refractivity contribution < 1.29 is 62.0 Å². The summed E-state index contributed by atoms with van der Waals surface area (Å²) in [7, 11) is -4.64. The molecule has 2 amide bonds. The Morgan fingerprint density at radius 2 is 1.78 bits per heavy atom. The van der Waals surface area contributed by atoms with Crippen LogP contribution in [0.3, 0.4) is 0 Å². The van der Waals surface area contributed by atoms with Gasteiger partial charge in [-0.25, -0.2) is 13.2 Å². The van der Waals surface area contributed by atoms with Crippen molar-refractivity contribution in [1.29, 1.82) is 0 Å². The Labute approximate surface area is 156 Å². The Morgan fingerprint density at radius 3 is 2.04 bits per heavy atom. The number of carboxylic acid groups (broad SMARTS) is 1. The van der Waals surface area contributed by atoms with Crippen LogP contribution in [0.1, 0.15) is 13.3 Å². The number of carbonyl (C=O) groups is 3. The van der Waals surface area contributed by atoms with E-state index >= 15 is 0 Å². The number of amides is 2. The van der Waals surface area contributed by atoms with Crippen LogP contribution >= 0.6 is 0 Å². The van der Waals surface area contributed by atoms with Gasteiger partial charge in [0.15, 0.2) is 0 Å². The number of carboxylic acids is 1. The Balaban J connectivity index is -0.000000578. The van der Waals surface area contributed by atoms with Gasteiger partial charge in [-0.2, -0.15) is 0 Å². The first-order valence-corrected chi connectivity index (χ1v) is 7.20. The molecule has 0 saturated heterocycles. The topological polar surface area (TPSA) is 167 Å². The molecular formula is C12H17N2NaO7S. The van der Waals surface area contributed by atoms with Crippen LogP contribution in [-0.2, 0) is 24.5 Å². The van der Waals surface area contributed by atoms with Crippen LogP contribution in [0.25, 0.3) is 0 Å². The molecule has 124 valence electrons. The number of nitrogens with one attached hydrogen (secondary N) is 1. The van der Waals surface area contributed by atoms with E-state index in [1.807, 2.05) is 5.32 Å². The van der Waals surface area contributed by atoms with Crippen molar-refractivity contribution in [2.45, 2.75) is 18.7 Å². The van der Waals surface area contributed by atoms with Crippen molar-refractivity contribution in [2.75, 3.05) is 0 Å². The first-order chi connectivity index (χ1) is 9.95. The molecule has 0 spiro atoms. The molecule has 0 aromatic carbocycles. The molecule has 11 heteroatoms. The molecule has 0 aromatic rings. The normalized spacial score (nSPS) is 11.2. The summed E-state index contributed by atoms with van der Waals surface area (Å²) in [5, 5.41) is 8.69. The van der Waals surface area contributed by atoms with Crippen LogP contribution in [0.15, 0.2) is 37.0 Å². The van der Waals surface area contributed by atoms with Crippen molar-refractivity contribution >= 4 is 27.9 Å². The zero-order valence-electron chi connectivity index (χ0n) is 12.8. The van der Waals surface area contributed by atoms with E-state index in [1.54, 1.807) is 0 Å². The summed E-state index contributed by atoms with van der Waals surface area (Å²) in [6.07, 6.45) is 2.55. The standard InChI is InChI=1S/C9H13NO6S.C3H5NO.Na/c1-3-7(17(14,15)16)10-9(13)6(2)4-5-8(11)12;1-2-3(4)5;/h4-5,7H,2-3H2,1H3,(H,10,13)(H,11,12)(H,14,15,16);2H,1H2,(H2,4,5);/q;;+1/p-1. The largest absolute Gasteiger partial charge is 1.00 e. The van der Waals surface area contributed by atoms with E-state index in [2.05, 4.69) is 18.9 Å². The van der Waals surface area contributed by atoms with Gasteiger partial charge in [0.25, 0.3) is 5.91 Å². The molecule has 0 radical (unpaired) electrons. The molecule has 0 aliphatic carbocycles. The molecule has 0 aromatic heterocycles. The molecule has 0 fully saturated rings. The van der Waals surface area contributed by atoms with Gasteiger partial charge < -0.3 is 20.7 Å². The fourth-order valence-electron chi connectivity index (χ4n) is 0.865. The number of hydrogen-bond acceptors (Lipinski definition) is 6. The van der Waals surface area contributed by atoms with Crippen molar-refractivity contribution in [3.05, 3.63) is 37.0 Å². The first-order valence-electron chi connectivity index (χ1n) is 5.73. The number of hydrogen-bond donors (Lipinski definition) is 3. The third kappa shape index (κ3) is 15.2. The van der Waals surface area contributed by atoms with Crippen molar-refractivity contribution in [3.63, 3.8) is 0 Å². The summed E-state index contributed by atoms with van der Waals surface area (Å²) in [4.78, 5) is 30.9. The number of aliphatic carboxylic acids is 1. The van der Waals surface area contributed by atoms with Gasteiger partial charge in [-0.3, -0.25) is 9.59 Å². The molecule has 0 heterocycles. The quantitative estimate of drug-likeness (QED) is 0.182. The predicted molar refractivity (Wildman–Crippen MR) is 77.2 cm³/mol. The molecule has 1 unspecified atom stereocenters. The molecular weight excluding hydrogens is 339 g/mol. The Morgan fingerprint density at radius 1 is 1.35 bits per heavy atom. The maximum absolute atomic E-state index is 11.3. The maximum Gasteiger partial charge on any atom is 1.00 e. The van der Waals surface area contributed by atoms with Gasteiger partial charge in [0.2, 0.25) is 5.91 Å². The number of carbonyl (C=O) groups excluding carboxylic acids is 2. The summed E-state index contributed by atoms with van der Waals surface area (Å²) in [6, 6.07) is 0. The average Bonchev–Trinajstić information content (AvgIpc) is 2.40. The second-order valence-corrected chi connectivity index (χ2v) is 5.22. The molecule has 0 bridgehead atoms. The van der Waals surface area contributed by atoms with E-state index in [-0.39, 0.29) is 41.6 Å². The Kier molecular flexibility index (Phi) is 15.0. The molecule has 0 rings (SSSR count). The monoisotopic (exact) mass is 356 g/mol. The minimum Gasteiger partial charge on any atom is -0.746 e. The number of primary amides is 1. The number of rotatable bonds is 7. The van der Waals surface area contributed by atoms with Crippen molar-refractivity contribution in [3.8, 4) is 0 Å². The minimum absolute atomic E-state index is 0. The third-order valence-corrected chi connectivity index (χ3v) is 3.08. The molecule has 1 atom stereocenters. The van der Waals surface area contributed by atoms with E-state index in [0.717, 1.165) is 12.2 Å². The summed E-state index contributed by atoms with van der Waals surface area (Å²) in [6.45, 7) is 7.74. The zero-order chi connectivity index (χ0) is 17.9. The molecule has 4 N–H and O–H groups in total. The molecule has 23 heavy (non-hydrogen) atoms. The molecule has 9 nitrogen and oxygen atoms in total. The molecule has 0 aliphatic rings. The zero-order valence-corrected chi connectivity index (χ0v) is 15.6. The van der Waals surface area contributed by atoms with Crippen LogP contribution in [0, 0.1) is 0 Å². The van der Waals surface area contributed by atoms with Crippen molar-refractivity contribution in [2.24, 2.45) is 5.73 Å². The predicted octanol–water partition coefficient (Wildman–Crippen LogP) is -3.76. The van der Waals surface area contributed by atoms with E-state index in [0.29, 0.717) is 6.08 Å². The van der Waals surface area contributed by atoms with E-state index in [9.17, 15) is 27.4 Å². The van der Waals surface area contributed by atoms with Crippen LogP contribution in [0.2, 0.25) is 0 Å². The molecule has 0 aliphatic heterocycles. The van der Waals surface area contributed by atoms with Gasteiger partial charge in [0.1, 0.15) is 15.5 Å². The summed E-state index contributed by atoms with van der Waals surface area (Å²) < 4.78 is 32.0. The third-order valence-electron chi connectivity index (χ3n) is 1.93. The van der Waals surface area contributed by atoms with Crippen LogP contribution in [-0.4, -0.2) is 41.2 Å². The molecule has 0 saturated carbocycles. The van der Waals surface area contributed by atoms with Crippen LogP contribution in [0.5, 0.6) is 0 Å². The summed E-state index contributed by atoms with van der Waals surface area (Å²) in [5.74, 6) is -2.67. The smallest absolute Gasteiger partial charge is 0.746 e. The van der Waals surface area contributed by atoms with Crippen LogP contribution in [0.4, 0.5) is 0 Å². The van der Waals surface area contributed by atoms with E-state index < -0.39 is 33.3 Å². The van der Waals surface area contributed by atoms with Crippen LogP contribution < -0.4 is 40.6 Å². The summed E-state index contributed by atoms with van der Waals surface area (Å²) >= 11 is 0. The SMILES string of the molecule is C=C(C=CC(=O)O)C(=O)NC(CC)S(=O)(=O)[O-].C=CC(N)=O.[Na+]. The fourth-order valence-corrected chi connectivity index (χ4v) is 1.52. The van der Waals surface area contributed by atoms with Crippen molar-refractivity contribution in [1.82, 2.24) is 5.32 Å².